The van der Waals surface area contributed by atoms with Crippen molar-refractivity contribution in [3.05, 3.63) is 0 Å². The van der Waals surface area contributed by atoms with Gasteiger partial charge in [-0.25, -0.2) is 0 Å². The van der Waals surface area contributed by atoms with Gasteiger partial charge in [-0.1, -0.05) is 40.0 Å². The molecular weight excluding hydrogens is 246 g/mol. The normalized spacial score (nSPS) is 34.0. The smallest absolute Gasteiger partial charge is 0.0626 e. The zero-order valence-corrected chi connectivity index (χ0v) is 13.9. The van der Waals surface area contributed by atoms with Crippen LogP contribution in [0.3, 0.4) is 0 Å². The molecule has 4 atom stereocenters. The van der Waals surface area contributed by atoms with E-state index in [1.54, 1.807) is 0 Å². The molecule has 0 saturated heterocycles. The van der Waals surface area contributed by atoms with Crippen molar-refractivity contribution in [1.82, 2.24) is 5.32 Å². The molecule has 1 N–H and O–H groups in total. The second-order valence-electron chi connectivity index (χ2n) is 7.29. The largest absolute Gasteiger partial charge is 0.377 e. The Morgan fingerprint density at radius 3 is 2.40 bits per heavy atom. The Labute approximate surface area is 126 Å². The molecule has 20 heavy (non-hydrogen) atoms. The summed E-state index contributed by atoms with van der Waals surface area (Å²) in [7, 11) is 0. The van der Waals surface area contributed by atoms with Crippen LogP contribution < -0.4 is 5.32 Å². The first-order valence-corrected chi connectivity index (χ1v) is 9.05. The summed E-state index contributed by atoms with van der Waals surface area (Å²) in [6.07, 6.45) is 11.5. The maximum atomic E-state index is 6.31. The summed E-state index contributed by atoms with van der Waals surface area (Å²) >= 11 is 0. The quantitative estimate of drug-likeness (QED) is 0.780. The molecule has 0 aliphatic heterocycles. The first kappa shape index (κ1) is 16.3. The van der Waals surface area contributed by atoms with Crippen molar-refractivity contribution in [3.8, 4) is 0 Å². The van der Waals surface area contributed by atoms with E-state index < -0.39 is 0 Å². The standard InChI is InChI=1S/C18H35NO/c1-4-19-18(16-8-6-5-7-9-16)13-20-17-11-10-14(2)15(3)12-17/h14-19H,4-13H2,1-3H3. The second kappa shape index (κ2) is 8.38. The van der Waals surface area contributed by atoms with Crippen LogP contribution in [0.25, 0.3) is 0 Å². The monoisotopic (exact) mass is 281 g/mol. The number of rotatable bonds is 6. The van der Waals surface area contributed by atoms with Crippen molar-refractivity contribution in [2.24, 2.45) is 17.8 Å². The number of likely N-dealkylation sites (N-methyl/N-ethyl adjacent to an activating group) is 1. The van der Waals surface area contributed by atoms with E-state index in [1.165, 1.54) is 51.4 Å². The molecule has 2 fully saturated rings. The highest BCUT2D eigenvalue weighted by Crippen LogP contribution is 2.32. The van der Waals surface area contributed by atoms with E-state index in [1.807, 2.05) is 0 Å². The van der Waals surface area contributed by atoms with E-state index >= 15 is 0 Å². The summed E-state index contributed by atoms with van der Waals surface area (Å²) in [4.78, 5) is 0. The summed E-state index contributed by atoms with van der Waals surface area (Å²) < 4.78 is 6.31. The third-order valence-electron chi connectivity index (χ3n) is 5.75. The molecule has 0 radical (unpaired) electrons. The fraction of sp³-hybridized carbons (Fsp3) is 1.00. The minimum absolute atomic E-state index is 0.519. The van der Waals surface area contributed by atoms with Gasteiger partial charge in [0.2, 0.25) is 0 Å². The average molecular weight is 281 g/mol. The summed E-state index contributed by atoms with van der Waals surface area (Å²) in [6, 6.07) is 0.593. The fourth-order valence-electron chi connectivity index (χ4n) is 4.05. The first-order chi connectivity index (χ1) is 9.70. The lowest BCUT2D eigenvalue weighted by atomic mass is 9.80. The molecule has 0 heterocycles. The molecule has 2 aliphatic rings. The van der Waals surface area contributed by atoms with Gasteiger partial charge >= 0.3 is 0 Å². The molecule has 4 unspecified atom stereocenters. The van der Waals surface area contributed by atoms with Crippen molar-refractivity contribution < 1.29 is 4.74 Å². The second-order valence-corrected chi connectivity index (χ2v) is 7.29. The molecule has 0 aromatic heterocycles. The van der Waals surface area contributed by atoms with Crippen molar-refractivity contribution in [2.75, 3.05) is 13.2 Å². The predicted octanol–water partition coefficient (Wildman–Crippen LogP) is 4.39. The van der Waals surface area contributed by atoms with Gasteiger partial charge in [0.15, 0.2) is 0 Å². The SMILES string of the molecule is CCNC(COC1CCC(C)C(C)C1)C1CCCCC1. The Hall–Kier alpha value is -0.0800. The average Bonchev–Trinajstić information content (AvgIpc) is 2.48. The Balaban J connectivity index is 1.76. The van der Waals surface area contributed by atoms with Gasteiger partial charge in [0.25, 0.3) is 0 Å². The van der Waals surface area contributed by atoms with Gasteiger partial charge < -0.3 is 10.1 Å². The highest BCUT2D eigenvalue weighted by atomic mass is 16.5. The summed E-state index contributed by atoms with van der Waals surface area (Å²) in [5.41, 5.74) is 0. The maximum Gasteiger partial charge on any atom is 0.0626 e. The topological polar surface area (TPSA) is 21.3 Å². The molecule has 2 nitrogen and oxygen atoms in total. The minimum atomic E-state index is 0.519. The van der Waals surface area contributed by atoms with Gasteiger partial charge in [0, 0.05) is 6.04 Å². The van der Waals surface area contributed by atoms with E-state index in [2.05, 4.69) is 26.1 Å². The highest BCUT2D eigenvalue weighted by molar-refractivity contribution is 4.81. The van der Waals surface area contributed by atoms with Gasteiger partial charge in [0.05, 0.1) is 12.7 Å². The molecule has 0 aromatic carbocycles. The molecule has 118 valence electrons. The van der Waals surface area contributed by atoms with Crippen LogP contribution in [0.2, 0.25) is 0 Å². The molecule has 2 heteroatoms. The van der Waals surface area contributed by atoms with Gasteiger partial charge in [-0.05, 0) is 56.4 Å². The third kappa shape index (κ3) is 4.73. The molecule has 0 aromatic rings. The van der Waals surface area contributed by atoms with E-state index in [9.17, 15) is 0 Å². The number of nitrogens with one attached hydrogen (secondary N) is 1. The lowest BCUT2D eigenvalue weighted by molar-refractivity contribution is -0.0163. The molecular formula is C18H35NO. The van der Waals surface area contributed by atoms with Crippen molar-refractivity contribution in [3.63, 3.8) is 0 Å². The van der Waals surface area contributed by atoms with Crippen molar-refractivity contribution >= 4 is 0 Å². The van der Waals surface area contributed by atoms with E-state index in [0.29, 0.717) is 12.1 Å². The van der Waals surface area contributed by atoms with Crippen LogP contribution >= 0.6 is 0 Å². The van der Waals surface area contributed by atoms with E-state index in [4.69, 9.17) is 4.74 Å². The molecule has 2 aliphatic carbocycles. The van der Waals surface area contributed by atoms with E-state index in [-0.39, 0.29) is 0 Å². The van der Waals surface area contributed by atoms with E-state index in [0.717, 1.165) is 30.9 Å². The van der Waals surface area contributed by atoms with Crippen LogP contribution in [0.1, 0.15) is 72.1 Å². The van der Waals surface area contributed by atoms with Gasteiger partial charge in [-0.3, -0.25) is 0 Å². The number of hydrogen-bond acceptors (Lipinski definition) is 2. The van der Waals surface area contributed by atoms with Crippen LogP contribution in [0.5, 0.6) is 0 Å². The maximum absolute atomic E-state index is 6.31. The molecule has 2 rings (SSSR count). The summed E-state index contributed by atoms with van der Waals surface area (Å²) in [5, 5.41) is 3.69. The Bertz CT molecular complexity index is 262. The van der Waals surface area contributed by atoms with Crippen LogP contribution in [0.4, 0.5) is 0 Å². The zero-order chi connectivity index (χ0) is 14.4. The number of hydrogen-bond donors (Lipinski definition) is 1. The summed E-state index contributed by atoms with van der Waals surface area (Å²) in [6.45, 7) is 9.01. The first-order valence-electron chi connectivity index (χ1n) is 9.05. The Morgan fingerprint density at radius 2 is 1.75 bits per heavy atom. The third-order valence-corrected chi connectivity index (χ3v) is 5.75. The Morgan fingerprint density at radius 1 is 1.00 bits per heavy atom. The lowest BCUT2D eigenvalue weighted by Crippen LogP contribution is -2.42. The Kier molecular flexibility index (Phi) is 6.83. The fourth-order valence-corrected chi connectivity index (χ4v) is 4.05. The van der Waals surface area contributed by atoms with Gasteiger partial charge in [-0.15, -0.1) is 0 Å². The molecule has 0 bridgehead atoms. The van der Waals surface area contributed by atoms with Crippen LogP contribution in [0, 0.1) is 17.8 Å². The van der Waals surface area contributed by atoms with Gasteiger partial charge in [-0.2, -0.15) is 0 Å². The lowest BCUT2D eigenvalue weighted by Gasteiger charge is -2.35. The predicted molar refractivity (Wildman–Crippen MR) is 86.0 cm³/mol. The van der Waals surface area contributed by atoms with Crippen LogP contribution in [0.15, 0.2) is 0 Å². The van der Waals surface area contributed by atoms with Gasteiger partial charge in [0.1, 0.15) is 0 Å². The van der Waals surface area contributed by atoms with Crippen molar-refractivity contribution in [1.29, 1.82) is 0 Å². The minimum Gasteiger partial charge on any atom is -0.377 e. The molecule has 2 saturated carbocycles. The number of ether oxygens (including phenoxy) is 1. The zero-order valence-electron chi connectivity index (χ0n) is 13.9. The summed E-state index contributed by atoms with van der Waals surface area (Å²) in [5.74, 6) is 2.57. The van der Waals surface area contributed by atoms with Crippen LogP contribution in [-0.2, 0) is 4.74 Å². The van der Waals surface area contributed by atoms with Crippen LogP contribution in [-0.4, -0.2) is 25.3 Å². The molecule has 0 amide bonds. The van der Waals surface area contributed by atoms with Crippen molar-refractivity contribution in [2.45, 2.75) is 84.3 Å². The molecule has 0 spiro atoms. The highest BCUT2D eigenvalue weighted by Gasteiger charge is 2.28.